The number of aromatic nitrogens is 1. The van der Waals surface area contributed by atoms with Gasteiger partial charge in [0.25, 0.3) is 0 Å². The maximum Gasteiger partial charge on any atom is 0.178 e. The van der Waals surface area contributed by atoms with Gasteiger partial charge in [0.15, 0.2) is 5.78 Å². The summed E-state index contributed by atoms with van der Waals surface area (Å²) in [5.41, 5.74) is 3.13. The standard InChI is InChI=1S/C17H24N2OS/c1-5-18(11-15-8-7-9-21-15)12-17(20)16-10-13(3)19(6-2)14(16)4/h7-10H,5-6,11-12H2,1-4H3. The van der Waals surface area contributed by atoms with Crippen molar-refractivity contribution in [2.75, 3.05) is 13.1 Å². The minimum atomic E-state index is 0.223. The third kappa shape index (κ3) is 3.63. The molecular formula is C17H24N2OS. The van der Waals surface area contributed by atoms with Crippen LogP contribution in [0.25, 0.3) is 0 Å². The van der Waals surface area contributed by atoms with E-state index in [1.165, 1.54) is 10.6 Å². The molecule has 2 aromatic heterocycles. The van der Waals surface area contributed by atoms with Crippen LogP contribution in [0.1, 0.15) is 40.5 Å². The van der Waals surface area contributed by atoms with Crippen LogP contribution in [0.2, 0.25) is 0 Å². The van der Waals surface area contributed by atoms with Gasteiger partial charge in [-0.15, -0.1) is 11.3 Å². The number of Topliss-reactive ketones (excluding diaryl/α,β-unsaturated/α-hetero) is 1. The van der Waals surface area contributed by atoms with E-state index in [9.17, 15) is 4.79 Å². The van der Waals surface area contributed by atoms with Crippen LogP contribution in [-0.4, -0.2) is 28.3 Å². The maximum atomic E-state index is 12.6. The fourth-order valence-electron chi connectivity index (χ4n) is 2.76. The summed E-state index contributed by atoms with van der Waals surface area (Å²) in [5.74, 6) is 0.223. The molecule has 0 aliphatic heterocycles. The third-order valence-electron chi connectivity index (χ3n) is 3.96. The number of thiophene rings is 1. The van der Waals surface area contributed by atoms with Crippen LogP contribution in [0.15, 0.2) is 23.6 Å². The summed E-state index contributed by atoms with van der Waals surface area (Å²) >= 11 is 1.75. The summed E-state index contributed by atoms with van der Waals surface area (Å²) in [6, 6.07) is 6.21. The minimum Gasteiger partial charge on any atom is -0.349 e. The van der Waals surface area contributed by atoms with Crippen molar-refractivity contribution < 1.29 is 4.79 Å². The Bertz CT molecular complexity index is 599. The second-order valence-corrected chi connectivity index (χ2v) is 6.37. The smallest absolute Gasteiger partial charge is 0.178 e. The van der Waals surface area contributed by atoms with Crippen LogP contribution >= 0.6 is 11.3 Å². The van der Waals surface area contributed by atoms with Crippen molar-refractivity contribution >= 4 is 17.1 Å². The van der Waals surface area contributed by atoms with E-state index in [1.54, 1.807) is 11.3 Å². The van der Waals surface area contributed by atoms with Crippen molar-refractivity contribution in [3.05, 3.63) is 45.4 Å². The summed E-state index contributed by atoms with van der Waals surface area (Å²) in [4.78, 5) is 16.1. The van der Waals surface area contributed by atoms with E-state index in [1.807, 2.05) is 13.0 Å². The van der Waals surface area contributed by atoms with Crippen LogP contribution < -0.4 is 0 Å². The predicted octanol–water partition coefficient (Wildman–Crippen LogP) is 3.89. The molecule has 0 saturated heterocycles. The molecule has 114 valence electrons. The Labute approximate surface area is 131 Å². The van der Waals surface area contributed by atoms with Gasteiger partial charge in [0.1, 0.15) is 0 Å². The molecule has 21 heavy (non-hydrogen) atoms. The number of nitrogens with zero attached hydrogens (tertiary/aromatic N) is 2. The monoisotopic (exact) mass is 304 g/mol. The van der Waals surface area contributed by atoms with Crippen molar-refractivity contribution in [1.29, 1.82) is 0 Å². The highest BCUT2D eigenvalue weighted by molar-refractivity contribution is 7.09. The zero-order valence-electron chi connectivity index (χ0n) is 13.3. The molecule has 3 nitrogen and oxygen atoms in total. The van der Waals surface area contributed by atoms with E-state index in [0.29, 0.717) is 6.54 Å². The Kier molecular flexibility index (Phi) is 5.37. The molecule has 0 spiro atoms. The summed E-state index contributed by atoms with van der Waals surface area (Å²) in [6.45, 7) is 11.5. The van der Waals surface area contributed by atoms with Crippen LogP contribution in [0, 0.1) is 13.8 Å². The molecule has 0 amide bonds. The fraction of sp³-hybridized carbons (Fsp3) is 0.471. The number of hydrogen-bond acceptors (Lipinski definition) is 3. The van der Waals surface area contributed by atoms with Gasteiger partial charge in [-0.2, -0.15) is 0 Å². The Morgan fingerprint density at radius 2 is 2.10 bits per heavy atom. The first-order valence-corrected chi connectivity index (χ1v) is 8.39. The first kappa shape index (κ1) is 16.0. The van der Waals surface area contributed by atoms with Gasteiger partial charge >= 0.3 is 0 Å². The van der Waals surface area contributed by atoms with Crippen LogP contribution in [-0.2, 0) is 13.1 Å². The van der Waals surface area contributed by atoms with Crippen LogP contribution in [0.4, 0.5) is 0 Å². The highest BCUT2D eigenvalue weighted by Gasteiger charge is 2.17. The Hall–Kier alpha value is -1.39. The topological polar surface area (TPSA) is 25.2 Å². The van der Waals surface area contributed by atoms with Gasteiger partial charge in [0, 0.05) is 34.9 Å². The van der Waals surface area contributed by atoms with Crippen molar-refractivity contribution in [2.24, 2.45) is 0 Å². The van der Waals surface area contributed by atoms with E-state index in [0.717, 1.165) is 30.9 Å². The lowest BCUT2D eigenvalue weighted by molar-refractivity contribution is 0.0929. The van der Waals surface area contributed by atoms with Gasteiger partial charge in [0.05, 0.1) is 6.54 Å². The molecule has 0 saturated carbocycles. The second kappa shape index (κ2) is 7.05. The highest BCUT2D eigenvalue weighted by atomic mass is 32.1. The van der Waals surface area contributed by atoms with Crippen molar-refractivity contribution in [1.82, 2.24) is 9.47 Å². The van der Waals surface area contributed by atoms with E-state index < -0.39 is 0 Å². The molecule has 0 atom stereocenters. The van der Waals surface area contributed by atoms with Gasteiger partial charge in [-0.3, -0.25) is 9.69 Å². The largest absolute Gasteiger partial charge is 0.349 e. The molecule has 2 heterocycles. The van der Waals surface area contributed by atoms with E-state index in [2.05, 4.69) is 47.8 Å². The second-order valence-electron chi connectivity index (χ2n) is 5.33. The number of carbonyl (C=O) groups is 1. The van der Waals surface area contributed by atoms with Crippen LogP contribution in [0.5, 0.6) is 0 Å². The van der Waals surface area contributed by atoms with Crippen molar-refractivity contribution in [3.8, 4) is 0 Å². The molecule has 4 heteroatoms. The Morgan fingerprint density at radius 1 is 1.33 bits per heavy atom. The summed E-state index contributed by atoms with van der Waals surface area (Å²) < 4.78 is 2.20. The normalized spacial score (nSPS) is 11.3. The zero-order valence-corrected chi connectivity index (χ0v) is 14.2. The first-order valence-electron chi connectivity index (χ1n) is 7.51. The van der Waals surface area contributed by atoms with Crippen LogP contribution in [0.3, 0.4) is 0 Å². The number of carbonyl (C=O) groups excluding carboxylic acids is 1. The highest BCUT2D eigenvalue weighted by Crippen LogP contribution is 2.17. The fourth-order valence-corrected chi connectivity index (χ4v) is 3.51. The molecule has 0 aromatic carbocycles. The molecule has 0 aliphatic carbocycles. The maximum absolute atomic E-state index is 12.6. The molecule has 0 fully saturated rings. The lowest BCUT2D eigenvalue weighted by atomic mass is 10.1. The Morgan fingerprint density at radius 3 is 2.62 bits per heavy atom. The van der Waals surface area contributed by atoms with Gasteiger partial charge in [-0.25, -0.2) is 0 Å². The molecule has 0 N–H and O–H groups in total. The predicted molar refractivity (Wildman–Crippen MR) is 89.2 cm³/mol. The van der Waals surface area contributed by atoms with Gasteiger partial charge in [-0.05, 0) is 44.8 Å². The molecule has 2 aromatic rings. The number of likely N-dealkylation sites (N-methyl/N-ethyl adjacent to an activating group) is 1. The third-order valence-corrected chi connectivity index (χ3v) is 4.83. The van der Waals surface area contributed by atoms with Crippen molar-refractivity contribution in [2.45, 2.75) is 40.8 Å². The average Bonchev–Trinajstić information content (AvgIpc) is 3.06. The van der Waals surface area contributed by atoms with Gasteiger partial charge in [0.2, 0.25) is 0 Å². The number of hydrogen-bond donors (Lipinski definition) is 0. The van der Waals surface area contributed by atoms with E-state index in [-0.39, 0.29) is 5.78 Å². The SMILES string of the molecule is CCN(CC(=O)c1cc(C)n(CC)c1C)Cc1cccs1. The molecule has 0 unspecified atom stereocenters. The molecule has 0 aliphatic rings. The molecule has 0 radical (unpaired) electrons. The molecule has 0 bridgehead atoms. The van der Waals surface area contributed by atoms with E-state index in [4.69, 9.17) is 0 Å². The zero-order chi connectivity index (χ0) is 15.4. The molecule has 2 rings (SSSR count). The quantitative estimate of drug-likeness (QED) is 0.725. The first-order chi connectivity index (χ1) is 10.1. The number of aryl methyl sites for hydroxylation is 1. The summed E-state index contributed by atoms with van der Waals surface area (Å²) in [6.07, 6.45) is 0. The summed E-state index contributed by atoms with van der Waals surface area (Å²) in [5, 5.41) is 2.08. The lowest BCUT2D eigenvalue weighted by Crippen LogP contribution is -2.29. The van der Waals surface area contributed by atoms with Gasteiger partial charge < -0.3 is 4.57 Å². The average molecular weight is 304 g/mol. The lowest BCUT2D eigenvalue weighted by Gasteiger charge is -2.18. The summed E-state index contributed by atoms with van der Waals surface area (Å²) in [7, 11) is 0. The minimum absolute atomic E-state index is 0.223. The molecular weight excluding hydrogens is 280 g/mol. The number of ketones is 1. The van der Waals surface area contributed by atoms with Gasteiger partial charge in [-0.1, -0.05) is 13.0 Å². The Balaban J connectivity index is 2.09. The van der Waals surface area contributed by atoms with E-state index >= 15 is 0 Å². The number of rotatable bonds is 7. The van der Waals surface area contributed by atoms with Crippen molar-refractivity contribution in [3.63, 3.8) is 0 Å².